The molecule has 0 N–H and O–H groups in total. The summed E-state index contributed by atoms with van der Waals surface area (Å²) in [5.41, 5.74) is 5.70. The molecule has 5 nitrogen and oxygen atoms in total. The van der Waals surface area contributed by atoms with Gasteiger partial charge >= 0.3 is 0 Å². The lowest BCUT2D eigenvalue weighted by Crippen LogP contribution is -2.29. The van der Waals surface area contributed by atoms with E-state index in [0.717, 1.165) is 49.2 Å². The molecule has 1 amide bonds. The first-order valence-corrected chi connectivity index (χ1v) is 14.4. The summed E-state index contributed by atoms with van der Waals surface area (Å²) >= 11 is 0. The molecule has 1 aliphatic heterocycles. The van der Waals surface area contributed by atoms with Crippen molar-refractivity contribution in [1.82, 2.24) is 9.47 Å². The Kier molecular flexibility index (Phi) is 8.04. The first-order chi connectivity index (χ1) is 20.2. The standard InChI is InChI=1S/C36H36N2O3/c1-40-34-19-18-29(22-35(34)41-26-28-14-6-3-7-15-28)31(23-36(39)37-20-10-11-21-37)32-25-38(24-27-12-4-2-5-13-27)33-17-9-8-16-30(32)33/h2-9,12-19,22,25,31H,10-11,20-21,23-24,26H2,1H3/t31-/m0/s1. The lowest BCUT2D eigenvalue weighted by atomic mass is 9.87. The summed E-state index contributed by atoms with van der Waals surface area (Å²) in [6.45, 7) is 2.89. The Balaban J connectivity index is 1.40. The normalized spacial score (nSPS) is 13.8. The van der Waals surface area contributed by atoms with Gasteiger partial charge in [0.25, 0.3) is 0 Å². The average molecular weight is 545 g/mol. The van der Waals surface area contributed by atoms with Gasteiger partial charge in [-0.1, -0.05) is 84.9 Å². The number of carbonyl (C=O) groups is 1. The predicted molar refractivity (Wildman–Crippen MR) is 164 cm³/mol. The molecule has 1 saturated heterocycles. The van der Waals surface area contributed by atoms with Crippen molar-refractivity contribution in [3.05, 3.63) is 132 Å². The summed E-state index contributed by atoms with van der Waals surface area (Å²) < 4.78 is 14.3. The lowest BCUT2D eigenvalue weighted by Gasteiger charge is -2.22. The number of hydrogen-bond donors (Lipinski definition) is 0. The third-order valence-corrected chi connectivity index (χ3v) is 8.06. The van der Waals surface area contributed by atoms with Crippen molar-refractivity contribution in [2.75, 3.05) is 20.2 Å². The highest BCUT2D eigenvalue weighted by atomic mass is 16.5. The number of rotatable bonds is 10. The molecule has 1 aliphatic rings. The summed E-state index contributed by atoms with van der Waals surface area (Å²) in [5, 5.41) is 1.17. The van der Waals surface area contributed by atoms with Crippen LogP contribution < -0.4 is 9.47 Å². The fourth-order valence-electron chi connectivity index (χ4n) is 5.90. The summed E-state index contributed by atoms with van der Waals surface area (Å²) in [4.78, 5) is 15.6. The van der Waals surface area contributed by atoms with Gasteiger partial charge in [-0.2, -0.15) is 0 Å². The van der Waals surface area contributed by atoms with E-state index in [9.17, 15) is 4.79 Å². The number of methoxy groups -OCH3 is 1. The van der Waals surface area contributed by atoms with E-state index in [0.29, 0.717) is 24.5 Å². The Labute approximate surface area is 241 Å². The van der Waals surface area contributed by atoms with E-state index < -0.39 is 0 Å². The highest BCUT2D eigenvalue weighted by molar-refractivity contribution is 5.87. The van der Waals surface area contributed by atoms with E-state index in [1.165, 1.54) is 16.5 Å². The molecule has 1 aromatic heterocycles. The molecule has 0 bridgehead atoms. The van der Waals surface area contributed by atoms with Gasteiger partial charge in [0.2, 0.25) is 5.91 Å². The minimum atomic E-state index is -0.130. The fourth-order valence-corrected chi connectivity index (χ4v) is 5.90. The van der Waals surface area contributed by atoms with E-state index in [2.05, 4.69) is 83.6 Å². The van der Waals surface area contributed by atoms with Crippen LogP contribution in [0.2, 0.25) is 0 Å². The maximum Gasteiger partial charge on any atom is 0.223 e. The molecule has 2 heterocycles. The number of hydrogen-bond acceptors (Lipinski definition) is 3. The van der Waals surface area contributed by atoms with Crippen LogP contribution in [0.3, 0.4) is 0 Å². The third-order valence-electron chi connectivity index (χ3n) is 8.06. The maximum absolute atomic E-state index is 13.6. The number of fused-ring (bicyclic) bond motifs is 1. The number of amides is 1. The Morgan fingerprint density at radius 1 is 0.805 bits per heavy atom. The van der Waals surface area contributed by atoms with Gasteiger partial charge in [-0.15, -0.1) is 0 Å². The van der Waals surface area contributed by atoms with Crippen LogP contribution in [0.5, 0.6) is 11.5 Å². The SMILES string of the molecule is COc1ccc([C@H](CC(=O)N2CCCC2)c2cn(Cc3ccccc3)c3ccccc23)cc1OCc1ccccc1. The number of likely N-dealkylation sites (tertiary alicyclic amines) is 1. The van der Waals surface area contributed by atoms with Gasteiger partial charge in [-0.3, -0.25) is 4.79 Å². The smallest absolute Gasteiger partial charge is 0.223 e. The number of benzene rings is 4. The second kappa shape index (κ2) is 12.3. The Morgan fingerprint density at radius 2 is 1.49 bits per heavy atom. The first kappa shape index (κ1) is 26.7. The van der Waals surface area contributed by atoms with E-state index in [1.807, 2.05) is 35.2 Å². The van der Waals surface area contributed by atoms with Gasteiger partial charge in [-0.05, 0) is 53.3 Å². The second-order valence-corrected chi connectivity index (χ2v) is 10.7. The number of aromatic nitrogens is 1. The quantitative estimate of drug-likeness (QED) is 0.184. The molecule has 0 aliphatic carbocycles. The molecule has 0 saturated carbocycles. The van der Waals surface area contributed by atoms with E-state index in [1.54, 1.807) is 7.11 Å². The molecule has 208 valence electrons. The van der Waals surface area contributed by atoms with E-state index >= 15 is 0 Å². The third kappa shape index (κ3) is 5.99. The molecule has 41 heavy (non-hydrogen) atoms. The molecule has 5 heteroatoms. The maximum atomic E-state index is 13.6. The molecule has 1 fully saturated rings. The van der Waals surface area contributed by atoms with Crippen molar-refractivity contribution in [2.45, 2.75) is 38.3 Å². The van der Waals surface area contributed by atoms with Gasteiger partial charge in [0.05, 0.1) is 7.11 Å². The van der Waals surface area contributed by atoms with Crippen LogP contribution in [0.4, 0.5) is 0 Å². The molecule has 0 unspecified atom stereocenters. The molecular formula is C36H36N2O3. The number of nitrogens with zero attached hydrogens (tertiary/aromatic N) is 2. The van der Waals surface area contributed by atoms with Gasteiger partial charge in [-0.25, -0.2) is 0 Å². The summed E-state index contributed by atoms with van der Waals surface area (Å²) in [6, 6.07) is 35.3. The molecule has 4 aromatic carbocycles. The Bertz CT molecular complexity index is 1600. The second-order valence-electron chi connectivity index (χ2n) is 10.7. The molecule has 0 spiro atoms. The Hall–Kier alpha value is -4.51. The van der Waals surface area contributed by atoms with Crippen LogP contribution in [0.25, 0.3) is 10.9 Å². The van der Waals surface area contributed by atoms with Crippen molar-refractivity contribution < 1.29 is 14.3 Å². The summed E-state index contributed by atoms with van der Waals surface area (Å²) in [6.07, 6.45) is 4.80. The zero-order valence-corrected chi connectivity index (χ0v) is 23.5. The van der Waals surface area contributed by atoms with Gasteiger partial charge in [0.1, 0.15) is 6.61 Å². The van der Waals surface area contributed by atoms with Crippen molar-refractivity contribution >= 4 is 16.8 Å². The van der Waals surface area contributed by atoms with Crippen LogP contribution in [0, 0.1) is 0 Å². The Morgan fingerprint density at radius 3 is 2.22 bits per heavy atom. The van der Waals surface area contributed by atoms with Crippen LogP contribution in [0.1, 0.15) is 47.4 Å². The molecule has 1 atom stereocenters. The zero-order chi connectivity index (χ0) is 28.0. The van der Waals surface area contributed by atoms with Crippen molar-refractivity contribution in [1.29, 1.82) is 0 Å². The first-order valence-electron chi connectivity index (χ1n) is 14.4. The topological polar surface area (TPSA) is 43.7 Å². The van der Waals surface area contributed by atoms with Crippen LogP contribution in [0.15, 0.2) is 109 Å². The lowest BCUT2D eigenvalue weighted by molar-refractivity contribution is -0.130. The van der Waals surface area contributed by atoms with Crippen LogP contribution in [-0.4, -0.2) is 35.6 Å². The minimum absolute atomic E-state index is 0.130. The van der Waals surface area contributed by atoms with E-state index in [-0.39, 0.29) is 11.8 Å². The van der Waals surface area contributed by atoms with Gasteiger partial charge < -0.3 is 18.9 Å². The predicted octanol–water partition coefficient (Wildman–Crippen LogP) is 7.42. The number of ether oxygens (including phenoxy) is 2. The summed E-state index contributed by atoms with van der Waals surface area (Å²) in [5.74, 6) is 1.44. The molecule has 6 rings (SSSR count). The fraction of sp³-hybridized carbons (Fsp3) is 0.250. The number of carbonyl (C=O) groups excluding carboxylic acids is 1. The largest absolute Gasteiger partial charge is 0.493 e. The monoisotopic (exact) mass is 544 g/mol. The molecule has 0 radical (unpaired) electrons. The summed E-state index contributed by atoms with van der Waals surface area (Å²) in [7, 11) is 1.66. The van der Waals surface area contributed by atoms with Gasteiger partial charge in [0.15, 0.2) is 11.5 Å². The van der Waals surface area contributed by atoms with Crippen LogP contribution in [-0.2, 0) is 17.9 Å². The zero-order valence-electron chi connectivity index (χ0n) is 23.5. The highest BCUT2D eigenvalue weighted by Gasteiger charge is 2.27. The molecular weight excluding hydrogens is 508 g/mol. The van der Waals surface area contributed by atoms with Crippen LogP contribution >= 0.6 is 0 Å². The minimum Gasteiger partial charge on any atom is -0.493 e. The van der Waals surface area contributed by atoms with E-state index in [4.69, 9.17) is 9.47 Å². The van der Waals surface area contributed by atoms with Gasteiger partial charge in [0, 0.05) is 49.1 Å². The molecule has 5 aromatic rings. The van der Waals surface area contributed by atoms with Crippen molar-refractivity contribution in [3.63, 3.8) is 0 Å². The van der Waals surface area contributed by atoms with Crippen molar-refractivity contribution in [2.24, 2.45) is 0 Å². The van der Waals surface area contributed by atoms with Crippen molar-refractivity contribution in [3.8, 4) is 11.5 Å². The highest BCUT2D eigenvalue weighted by Crippen LogP contribution is 2.39. The number of para-hydroxylation sites is 1. The average Bonchev–Trinajstić information content (AvgIpc) is 3.69.